The molecule has 0 aliphatic carbocycles. The molecule has 68 valence electrons. The highest BCUT2D eigenvalue weighted by atomic mass is 16.3. The minimum atomic E-state index is -0.197. The Morgan fingerprint density at radius 2 is 1.64 bits per heavy atom. The van der Waals surface area contributed by atoms with Gasteiger partial charge in [0.25, 0.3) is 0 Å². The van der Waals surface area contributed by atoms with Crippen molar-refractivity contribution in [1.29, 1.82) is 0 Å². The summed E-state index contributed by atoms with van der Waals surface area (Å²) in [6, 6.07) is 0. The number of aliphatic hydroxyl groups is 1. The average Bonchev–Trinajstić information content (AvgIpc) is 1.99. The SMILES string of the molecule is NCCCCCC(O)CCN. The van der Waals surface area contributed by atoms with E-state index in [1.165, 1.54) is 0 Å². The number of nitrogens with two attached hydrogens (primary N) is 2. The van der Waals surface area contributed by atoms with Crippen LogP contribution in [0.25, 0.3) is 0 Å². The first kappa shape index (κ1) is 10.9. The third-order valence-electron chi connectivity index (χ3n) is 1.74. The fourth-order valence-corrected chi connectivity index (χ4v) is 1.04. The van der Waals surface area contributed by atoms with Crippen LogP contribution in [0.5, 0.6) is 0 Å². The molecule has 3 heteroatoms. The predicted octanol–water partition coefficient (Wildman–Crippen LogP) is 0.215. The zero-order valence-electron chi connectivity index (χ0n) is 7.13. The lowest BCUT2D eigenvalue weighted by Crippen LogP contribution is -2.13. The summed E-state index contributed by atoms with van der Waals surface area (Å²) in [5.74, 6) is 0. The number of hydrogen-bond donors (Lipinski definition) is 3. The van der Waals surface area contributed by atoms with Gasteiger partial charge in [-0.2, -0.15) is 0 Å². The number of aliphatic hydroxyl groups excluding tert-OH is 1. The normalized spacial score (nSPS) is 13.4. The quantitative estimate of drug-likeness (QED) is 0.466. The van der Waals surface area contributed by atoms with E-state index in [4.69, 9.17) is 11.5 Å². The molecule has 0 aromatic carbocycles. The number of unbranched alkanes of at least 4 members (excludes halogenated alkanes) is 2. The van der Waals surface area contributed by atoms with Crippen molar-refractivity contribution >= 4 is 0 Å². The van der Waals surface area contributed by atoms with Crippen LogP contribution in [-0.2, 0) is 0 Å². The molecule has 0 fully saturated rings. The number of rotatable bonds is 7. The monoisotopic (exact) mass is 160 g/mol. The van der Waals surface area contributed by atoms with E-state index in [1.54, 1.807) is 0 Å². The summed E-state index contributed by atoms with van der Waals surface area (Å²) in [7, 11) is 0. The second-order valence-electron chi connectivity index (χ2n) is 2.87. The van der Waals surface area contributed by atoms with Gasteiger partial charge >= 0.3 is 0 Å². The van der Waals surface area contributed by atoms with E-state index >= 15 is 0 Å². The lowest BCUT2D eigenvalue weighted by atomic mass is 10.1. The minimum absolute atomic E-state index is 0.197. The molecular formula is C8H20N2O. The standard InChI is InChI=1S/C8H20N2O/c9-6-3-1-2-4-8(11)5-7-10/h8,11H,1-7,9-10H2. The Kier molecular flexibility index (Phi) is 7.89. The lowest BCUT2D eigenvalue weighted by molar-refractivity contribution is 0.153. The first-order valence-corrected chi connectivity index (χ1v) is 4.39. The van der Waals surface area contributed by atoms with Gasteiger partial charge in [-0.15, -0.1) is 0 Å². The molecule has 0 aromatic rings. The van der Waals surface area contributed by atoms with Gasteiger partial charge in [0, 0.05) is 0 Å². The maximum Gasteiger partial charge on any atom is 0.0552 e. The summed E-state index contributed by atoms with van der Waals surface area (Å²) in [5.41, 5.74) is 10.6. The molecule has 5 N–H and O–H groups in total. The van der Waals surface area contributed by atoms with E-state index in [1.807, 2.05) is 0 Å². The summed E-state index contributed by atoms with van der Waals surface area (Å²) < 4.78 is 0. The molecule has 1 unspecified atom stereocenters. The Balaban J connectivity index is 2.97. The van der Waals surface area contributed by atoms with Crippen LogP contribution >= 0.6 is 0 Å². The van der Waals surface area contributed by atoms with Gasteiger partial charge in [0.2, 0.25) is 0 Å². The van der Waals surface area contributed by atoms with Gasteiger partial charge in [0.1, 0.15) is 0 Å². The molecule has 0 amide bonds. The molecule has 0 aromatic heterocycles. The van der Waals surface area contributed by atoms with E-state index in [0.717, 1.165) is 38.6 Å². The minimum Gasteiger partial charge on any atom is -0.393 e. The maximum atomic E-state index is 9.24. The van der Waals surface area contributed by atoms with Crippen LogP contribution in [-0.4, -0.2) is 24.3 Å². The molecule has 0 aliphatic rings. The van der Waals surface area contributed by atoms with Gasteiger partial charge < -0.3 is 16.6 Å². The summed E-state index contributed by atoms with van der Waals surface area (Å²) in [6.45, 7) is 1.34. The van der Waals surface area contributed by atoms with Crippen LogP contribution < -0.4 is 11.5 Å². The fraction of sp³-hybridized carbons (Fsp3) is 1.00. The Bertz CT molecular complexity index is 78.5. The topological polar surface area (TPSA) is 72.3 Å². The molecule has 0 heterocycles. The molecule has 0 aliphatic heterocycles. The Hall–Kier alpha value is -0.120. The van der Waals surface area contributed by atoms with E-state index in [2.05, 4.69) is 0 Å². The first-order chi connectivity index (χ1) is 5.31. The zero-order chi connectivity index (χ0) is 8.53. The number of hydrogen-bond acceptors (Lipinski definition) is 3. The van der Waals surface area contributed by atoms with Crippen molar-refractivity contribution in [3.05, 3.63) is 0 Å². The van der Waals surface area contributed by atoms with E-state index < -0.39 is 0 Å². The zero-order valence-corrected chi connectivity index (χ0v) is 7.13. The van der Waals surface area contributed by atoms with Gasteiger partial charge in [-0.25, -0.2) is 0 Å². The van der Waals surface area contributed by atoms with Crippen LogP contribution in [0.4, 0.5) is 0 Å². The van der Waals surface area contributed by atoms with Crippen molar-refractivity contribution in [1.82, 2.24) is 0 Å². The van der Waals surface area contributed by atoms with Gasteiger partial charge in [-0.05, 0) is 32.4 Å². The molecular weight excluding hydrogens is 140 g/mol. The molecule has 1 atom stereocenters. The van der Waals surface area contributed by atoms with Crippen molar-refractivity contribution in [3.8, 4) is 0 Å². The Labute approximate surface area is 68.8 Å². The van der Waals surface area contributed by atoms with Crippen molar-refractivity contribution in [3.63, 3.8) is 0 Å². The summed E-state index contributed by atoms with van der Waals surface area (Å²) in [5, 5.41) is 9.24. The van der Waals surface area contributed by atoms with Gasteiger partial charge in [0.15, 0.2) is 0 Å². The van der Waals surface area contributed by atoms with E-state index in [9.17, 15) is 5.11 Å². The molecule has 3 nitrogen and oxygen atoms in total. The highest BCUT2D eigenvalue weighted by molar-refractivity contribution is 4.56. The smallest absolute Gasteiger partial charge is 0.0552 e. The van der Waals surface area contributed by atoms with Crippen molar-refractivity contribution in [2.75, 3.05) is 13.1 Å². The highest BCUT2D eigenvalue weighted by Gasteiger charge is 2.00. The van der Waals surface area contributed by atoms with Crippen LogP contribution in [0.3, 0.4) is 0 Å². The second kappa shape index (κ2) is 7.98. The average molecular weight is 160 g/mol. The Morgan fingerprint density at radius 3 is 2.18 bits per heavy atom. The van der Waals surface area contributed by atoms with Crippen LogP contribution in [0, 0.1) is 0 Å². The molecule has 0 saturated carbocycles. The van der Waals surface area contributed by atoms with Crippen LogP contribution in [0.2, 0.25) is 0 Å². The second-order valence-corrected chi connectivity index (χ2v) is 2.87. The van der Waals surface area contributed by atoms with Crippen molar-refractivity contribution in [2.45, 2.75) is 38.2 Å². The highest BCUT2D eigenvalue weighted by Crippen LogP contribution is 2.04. The first-order valence-electron chi connectivity index (χ1n) is 4.39. The summed E-state index contributed by atoms with van der Waals surface area (Å²) >= 11 is 0. The van der Waals surface area contributed by atoms with Crippen LogP contribution in [0.15, 0.2) is 0 Å². The molecule has 0 saturated heterocycles. The largest absolute Gasteiger partial charge is 0.393 e. The summed E-state index contributed by atoms with van der Waals surface area (Å²) in [4.78, 5) is 0. The van der Waals surface area contributed by atoms with Gasteiger partial charge in [0.05, 0.1) is 6.10 Å². The fourth-order valence-electron chi connectivity index (χ4n) is 1.04. The van der Waals surface area contributed by atoms with Gasteiger partial charge in [-0.1, -0.05) is 12.8 Å². The lowest BCUT2D eigenvalue weighted by Gasteiger charge is -2.07. The third kappa shape index (κ3) is 7.78. The molecule has 0 rings (SSSR count). The van der Waals surface area contributed by atoms with E-state index in [-0.39, 0.29) is 6.10 Å². The maximum absolute atomic E-state index is 9.24. The Morgan fingerprint density at radius 1 is 0.909 bits per heavy atom. The third-order valence-corrected chi connectivity index (χ3v) is 1.74. The summed E-state index contributed by atoms with van der Waals surface area (Å²) in [6.07, 6.45) is 4.66. The molecule has 0 radical (unpaired) electrons. The predicted molar refractivity (Wildman–Crippen MR) is 47.2 cm³/mol. The molecule has 0 bridgehead atoms. The van der Waals surface area contributed by atoms with Gasteiger partial charge in [-0.3, -0.25) is 0 Å². The molecule has 11 heavy (non-hydrogen) atoms. The van der Waals surface area contributed by atoms with Crippen LogP contribution in [0.1, 0.15) is 32.1 Å². The van der Waals surface area contributed by atoms with Crippen molar-refractivity contribution in [2.24, 2.45) is 11.5 Å². The van der Waals surface area contributed by atoms with Crippen molar-refractivity contribution < 1.29 is 5.11 Å². The van der Waals surface area contributed by atoms with E-state index in [0.29, 0.717) is 6.54 Å². The molecule has 0 spiro atoms.